The largest absolute Gasteiger partial charge is 0.468 e. The lowest BCUT2D eigenvalue weighted by molar-refractivity contribution is 0.204. The normalized spacial score (nSPS) is 12.7. The monoisotopic (exact) mass is 361 g/mol. The van der Waals surface area contributed by atoms with E-state index in [1.54, 1.807) is 6.26 Å². The van der Waals surface area contributed by atoms with Gasteiger partial charge in [-0.25, -0.2) is 0 Å². The van der Waals surface area contributed by atoms with E-state index in [4.69, 9.17) is 8.83 Å². The highest BCUT2D eigenvalue weighted by molar-refractivity contribution is 9.10. The van der Waals surface area contributed by atoms with Gasteiger partial charge in [-0.1, -0.05) is 22.0 Å². The Bertz CT molecular complexity index is 739. The zero-order valence-electron chi connectivity index (χ0n) is 12.4. The second kappa shape index (κ2) is 6.46. The Morgan fingerprint density at radius 2 is 2.09 bits per heavy atom. The Morgan fingerprint density at radius 1 is 1.23 bits per heavy atom. The number of furan rings is 1. The molecule has 1 unspecified atom stereocenters. The van der Waals surface area contributed by atoms with Crippen LogP contribution in [0.4, 0.5) is 0 Å². The highest BCUT2D eigenvalue weighted by Gasteiger charge is 2.17. The van der Waals surface area contributed by atoms with E-state index < -0.39 is 0 Å². The summed E-state index contributed by atoms with van der Waals surface area (Å²) in [6.45, 7) is 2.63. The standard InChI is InChI=1S/C16H16BrN3O2/c1-11(14-7-4-8-21-14)20(2)10-15-18-19-16(22-15)12-5-3-6-13(17)9-12/h3-9,11H,10H2,1-2H3. The maximum Gasteiger partial charge on any atom is 0.247 e. The zero-order chi connectivity index (χ0) is 15.5. The molecule has 0 bridgehead atoms. The van der Waals surface area contributed by atoms with Crippen molar-refractivity contribution >= 4 is 15.9 Å². The van der Waals surface area contributed by atoms with Crippen molar-refractivity contribution in [2.24, 2.45) is 0 Å². The van der Waals surface area contributed by atoms with E-state index in [9.17, 15) is 0 Å². The molecule has 5 nitrogen and oxygen atoms in total. The molecule has 3 rings (SSSR count). The van der Waals surface area contributed by atoms with Crippen LogP contribution in [0.25, 0.3) is 11.5 Å². The van der Waals surface area contributed by atoms with E-state index in [-0.39, 0.29) is 6.04 Å². The fourth-order valence-corrected chi connectivity index (χ4v) is 2.55. The molecule has 6 heteroatoms. The van der Waals surface area contributed by atoms with Crippen LogP contribution >= 0.6 is 15.9 Å². The molecule has 3 aromatic rings. The minimum atomic E-state index is 0.135. The lowest BCUT2D eigenvalue weighted by Crippen LogP contribution is -2.21. The zero-order valence-corrected chi connectivity index (χ0v) is 13.9. The molecule has 0 aliphatic heterocycles. The average Bonchev–Trinajstić information content (AvgIpc) is 3.18. The number of halogens is 1. The fourth-order valence-electron chi connectivity index (χ4n) is 2.15. The minimum Gasteiger partial charge on any atom is -0.468 e. The summed E-state index contributed by atoms with van der Waals surface area (Å²) < 4.78 is 12.2. The van der Waals surface area contributed by atoms with E-state index >= 15 is 0 Å². The molecule has 2 heterocycles. The molecular weight excluding hydrogens is 346 g/mol. The molecule has 0 saturated heterocycles. The SMILES string of the molecule is CC(c1ccco1)N(C)Cc1nnc(-c2cccc(Br)c2)o1. The van der Waals surface area contributed by atoms with Crippen molar-refractivity contribution in [2.45, 2.75) is 19.5 Å². The molecule has 1 aromatic carbocycles. The van der Waals surface area contributed by atoms with Gasteiger partial charge in [0.1, 0.15) is 5.76 Å². The van der Waals surface area contributed by atoms with Crippen LogP contribution in [0.2, 0.25) is 0 Å². The molecule has 22 heavy (non-hydrogen) atoms. The third kappa shape index (κ3) is 3.28. The number of hydrogen-bond donors (Lipinski definition) is 0. The topological polar surface area (TPSA) is 55.3 Å². The second-order valence-electron chi connectivity index (χ2n) is 5.12. The number of rotatable bonds is 5. The Kier molecular flexibility index (Phi) is 4.40. The van der Waals surface area contributed by atoms with Crippen LogP contribution in [0, 0.1) is 0 Å². The lowest BCUT2D eigenvalue weighted by Gasteiger charge is -2.20. The third-order valence-electron chi connectivity index (χ3n) is 3.54. The molecule has 0 aliphatic carbocycles. The van der Waals surface area contributed by atoms with Gasteiger partial charge in [0.05, 0.1) is 18.8 Å². The van der Waals surface area contributed by atoms with Crippen molar-refractivity contribution in [3.63, 3.8) is 0 Å². The van der Waals surface area contributed by atoms with E-state index in [2.05, 4.69) is 38.0 Å². The number of hydrogen-bond acceptors (Lipinski definition) is 5. The lowest BCUT2D eigenvalue weighted by atomic mass is 10.2. The highest BCUT2D eigenvalue weighted by atomic mass is 79.9. The molecule has 1 atom stereocenters. The first-order chi connectivity index (χ1) is 10.6. The average molecular weight is 362 g/mol. The Labute approximate surface area is 137 Å². The molecule has 0 spiro atoms. The molecule has 0 N–H and O–H groups in total. The Balaban J connectivity index is 1.71. The predicted molar refractivity (Wildman–Crippen MR) is 86.0 cm³/mol. The quantitative estimate of drug-likeness (QED) is 0.678. The van der Waals surface area contributed by atoms with E-state index in [0.29, 0.717) is 18.3 Å². The maximum absolute atomic E-state index is 5.75. The van der Waals surface area contributed by atoms with Gasteiger partial charge < -0.3 is 8.83 Å². The van der Waals surface area contributed by atoms with Gasteiger partial charge in [-0.05, 0) is 44.3 Å². The van der Waals surface area contributed by atoms with Crippen molar-refractivity contribution in [3.8, 4) is 11.5 Å². The summed E-state index contributed by atoms with van der Waals surface area (Å²) in [7, 11) is 2.00. The smallest absolute Gasteiger partial charge is 0.247 e. The van der Waals surface area contributed by atoms with Crippen LogP contribution in [-0.4, -0.2) is 22.1 Å². The Morgan fingerprint density at radius 3 is 2.82 bits per heavy atom. The van der Waals surface area contributed by atoms with Crippen molar-refractivity contribution in [1.82, 2.24) is 15.1 Å². The van der Waals surface area contributed by atoms with Crippen molar-refractivity contribution < 1.29 is 8.83 Å². The van der Waals surface area contributed by atoms with Gasteiger partial charge in [0.2, 0.25) is 11.8 Å². The molecule has 2 aromatic heterocycles. The summed E-state index contributed by atoms with van der Waals surface area (Å²) in [5.74, 6) is 2.01. The van der Waals surface area contributed by atoms with Gasteiger partial charge in [0.25, 0.3) is 0 Å². The van der Waals surface area contributed by atoms with Gasteiger partial charge in [0.15, 0.2) is 0 Å². The van der Waals surface area contributed by atoms with Crippen LogP contribution < -0.4 is 0 Å². The van der Waals surface area contributed by atoms with Gasteiger partial charge in [-0.15, -0.1) is 10.2 Å². The molecular formula is C16H16BrN3O2. The first-order valence-electron chi connectivity index (χ1n) is 6.95. The van der Waals surface area contributed by atoms with Gasteiger partial charge in [0, 0.05) is 10.0 Å². The first-order valence-corrected chi connectivity index (χ1v) is 7.75. The van der Waals surface area contributed by atoms with Crippen molar-refractivity contribution in [2.75, 3.05) is 7.05 Å². The number of benzene rings is 1. The summed E-state index contributed by atoms with van der Waals surface area (Å²) >= 11 is 3.44. The second-order valence-corrected chi connectivity index (χ2v) is 6.03. The van der Waals surface area contributed by atoms with E-state index in [0.717, 1.165) is 15.8 Å². The van der Waals surface area contributed by atoms with Gasteiger partial charge in [-0.3, -0.25) is 4.90 Å². The van der Waals surface area contributed by atoms with Crippen LogP contribution in [0.5, 0.6) is 0 Å². The van der Waals surface area contributed by atoms with Crippen LogP contribution in [0.15, 0.2) is 56.0 Å². The third-order valence-corrected chi connectivity index (χ3v) is 4.03. The molecule has 0 saturated carbocycles. The van der Waals surface area contributed by atoms with Crippen molar-refractivity contribution in [1.29, 1.82) is 0 Å². The predicted octanol–water partition coefficient (Wildman–Crippen LogP) is 4.29. The molecule has 0 amide bonds. The van der Waals surface area contributed by atoms with E-state index in [1.807, 2.05) is 43.4 Å². The van der Waals surface area contributed by atoms with Gasteiger partial charge in [-0.2, -0.15) is 0 Å². The number of nitrogens with zero attached hydrogens (tertiary/aromatic N) is 3. The van der Waals surface area contributed by atoms with E-state index in [1.165, 1.54) is 0 Å². The maximum atomic E-state index is 5.75. The highest BCUT2D eigenvalue weighted by Crippen LogP contribution is 2.24. The van der Waals surface area contributed by atoms with Gasteiger partial charge >= 0.3 is 0 Å². The molecule has 114 valence electrons. The van der Waals surface area contributed by atoms with Crippen LogP contribution in [0.1, 0.15) is 24.6 Å². The van der Waals surface area contributed by atoms with Crippen LogP contribution in [-0.2, 0) is 6.54 Å². The fraction of sp³-hybridized carbons (Fsp3) is 0.250. The summed E-state index contributed by atoms with van der Waals surface area (Å²) in [5, 5.41) is 8.24. The molecule has 0 fully saturated rings. The summed E-state index contributed by atoms with van der Waals surface area (Å²) in [4.78, 5) is 2.09. The number of aromatic nitrogens is 2. The minimum absolute atomic E-state index is 0.135. The summed E-state index contributed by atoms with van der Waals surface area (Å²) in [6, 6.07) is 11.8. The molecule has 0 radical (unpaired) electrons. The molecule has 0 aliphatic rings. The first kappa shape index (κ1) is 15.0. The Hall–Kier alpha value is -1.92. The summed E-state index contributed by atoms with van der Waals surface area (Å²) in [5.41, 5.74) is 0.898. The summed E-state index contributed by atoms with van der Waals surface area (Å²) in [6.07, 6.45) is 1.68. The van der Waals surface area contributed by atoms with Crippen LogP contribution in [0.3, 0.4) is 0 Å². The van der Waals surface area contributed by atoms with Crippen molar-refractivity contribution in [3.05, 3.63) is 58.8 Å².